The third kappa shape index (κ3) is 2.38. The number of hydrogen-bond acceptors (Lipinski definition) is 2. The fraction of sp³-hybridized carbons (Fsp3) is 0.941. The molecule has 114 valence electrons. The van der Waals surface area contributed by atoms with Crippen LogP contribution in [0.3, 0.4) is 0 Å². The highest BCUT2D eigenvalue weighted by Crippen LogP contribution is 2.45. The molecule has 3 fully saturated rings. The van der Waals surface area contributed by atoms with Crippen LogP contribution in [0.1, 0.15) is 78.1 Å². The summed E-state index contributed by atoms with van der Waals surface area (Å²) < 4.78 is 0. The molecule has 1 aliphatic heterocycles. The van der Waals surface area contributed by atoms with Crippen molar-refractivity contribution in [2.45, 2.75) is 95.8 Å². The molecule has 20 heavy (non-hydrogen) atoms. The first-order valence-corrected chi connectivity index (χ1v) is 8.82. The summed E-state index contributed by atoms with van der Waals surface area (Å²) >= 11 is 0. The second kappa shape index (κ2) is 5.67. The summed E-state index contributed by atoms with van der Waals surface area (Å²) in [5.74, 6) is 1.17. The Bertz CT molecular complexity index is 358. The maximum absolute atomic E-state index is 12.9. The van der Waals surface area contributed by atoms with Gasteiger partial charge in [0.2, 0.25) is 5.91 Å². The van der Waals surface area contributed by atoms with Crippen LogP contribution in [-0.2, 0) is 4.79 Å². The van der Waals surface area contributed by atoms with E-state index in [1.807, 2.05) is 0 Å². The van der Waals surface area contributed by atoms with E-state index < -0.39 is 0 Å². The number of rotatable bonds is 5. The molecule has 2 unspecified atom stereocenters. The molecule has 1 heterocycles. The van der Waals surface area contributed by atoms with Crippen molar-refractivity contribution in [3.8, 4) is 0 Å². The van der Waals surface area contributed by atoms with Gasteiger partial charge in [0.05, 0.1) is 11.7 Å². The van der Waals surface area contributed by atoms with Gasteiger partial charge in [0, 0.05) is 6.04 Å². The average molecular weight is 278 g/mol. The minimum atomic E-state index is -0.137. The van der Waals surface area contributed by atoms with Crippen LogP contribution in [0.5, 0.6) is 0 Å². The Hall–Kier alpha value is -0.570. The van der Waals surface area contributed by atoms with E-state index in [0.29, 0.717) is 18.1 Å². The standard InChI is InChI=1S/C17H30N2O/c1-3-8-15-18-17(11-12-17)16(20)19(15)14(4-2)13-9-6-5-7-10-13/h13-15,18H,3-12H2,1-2H3. The van der Waals surface area contributed by atoms with Crippen LogP contribution >= 0.6 is 0 Å². The first kappa shape index (κ1) is 14.4. The summed E-state index contributed by atoms with van der Waals surface area (Å²) in [4.78, 5) is 15.2. The molecule has 1 amide bonds. The van der Waals surface area contributed by atoms with Gasteiger partial charge in [-0.25, -0.2) is 0 Å². The molecule has 2 atom stereocenters. The smallest absolute Gasteiger partial charge is 0.244 e. The zero-order valence-corrected chi connectivity index (χ0v) is 13.2. The van der Waals surface area contributed by atoms with Gasteiger partial charge in [0.1, 0.15) is 0 Å². The summed E-state index contributed by atoms with van der Waals surface area (Å²) in [6, 6.07) is 0.479. The first-order valence-electron chi connectivity index (χ1n) is 8.82. The maximum Gasteiger partial charge on any atom is 0.244 e. The topological polar surface area (TPSA) is 32.3 Å². The lowest BCUT2D eigenvalue weighted by atomic mass is 9.82. The van der Waals surface area contributed by atoms with Crippen LogP contribution in [0, 0.1) is 5.92 Å². The normalized spacial score (nSPS) is 31.0. The van der Waals surface area contributed by atoms with E-state index in [2.05, 4.69) is 24.1 Å². The lowest BCUT2D eigenvalue weighted by Crippen LogP contribution is -2.48. The Labute approximate surface area is 123 Å². The number of nitrogens with zero attached hydrogens (tertiary/aromatic N) is 1. The van der Waals surface area contributed by atoms with E-state index >= 15 is 0 Å². The van der Waals surface area contributed by atoms with Gasteiger partial charge in [-0.15, -0.1) is 0 Å². The van der Waals surface area contributed by atoms with Gasteiger partial charge in [-0.05, 0) is 44.4 Å². The summed E-state index contributed by atoms with van der Waals surface area (Å²) in [6.45, 7) is 4.50. The van der Waals surface area contributed by atoms with E-state index in [0.717, 1.165) is 38.0 Å². The van der Waals surface area contributed by atoms with E-state index in [1.165, 1.54) is 32.1 Å². The van der Waals surface area contributed by atoms with Crippen LogP contribution in [0.4, 0.5) is 0 Å². The van der Waals surface area contributed by atoms with Gasteiger partial charge in [-0.1, -0.05) is 39.5 Å². The number of carbonyl (C=O) groups is 1. The Kier molecular flexibility index (Phi) is 4.07. The molecular formula is C17H30N2O. The molecule has 2 aliphatic carbocycles. The van der Waals surface area contributed by atoms with Gasteiger partial charge >= 0.3 is 0 Å². The fourth-order valence-electron chi connectivity index (χ4n) is 4.46. The van der Waals surface area contributed by atoms with Gasteiger partial charge in [-0.3, -0.25) is 10.1 Å². The van der Waals surface area contributed by atoms with Crippen LogP contribution in [-0.4, -0.2) is 28.6 Å². The van der Waals surface area contributed by atoms with Crippen LogP contribution in [0.15, 0.2) is 0 Å². The van der Waals surface area contributed by atoms with E-state index in [1.54, 1.807) is 0 Å². The van der Waals surface area contributed by atoms with Crippen molar-refractivity contribution >= 4 is 5.91 Å². The Balaban J connectivity index is 1.78. The third-order valence-corrected chi connectivity index (χ3v) is 5.70. The highest BCUT2D eigenvalue weighted by Gasteiger charge is 2.60. The minimum Gasteiger partial charge on any atom is -0.322 e. The first-order chi connectivity index (χ1) is 9.72. The molecule has 0 aromatic heterocycles. The predicted molar refractivity (Wildman–Crippen MR) is 81.3 cm³/mol. The molecule has 0 aromatic rings. The molecule has 0 bridgehead atoms. The number of carbonyl (C=O) groups excluding carboxylic acids is 1. The van der Waals surface area contributed by atoms with E-state index in [-0.39, 0.29) is 5.54 Å². The second-order valence-electron chi connectivity index (χ2n) is 7.12. The Morgan fingerprint density at radius 2 is 1.95 bits per heavy atom. The van der Waals surface area contributed by atoms with Crippen molar-refractivity contribution in [3.05, 3.63) is 0 Å². The van der Waals surface area contributed by atoms with Gasteiger partial charge in [-0.2, -0.15) is 0 Å². The summed E-state index contributed by atoms with van der Waals surface area (Å²) in [7, 11) is 0. The Morgan fingerprint density at radius 3 is 2.50 bits per heavy atom. The summed E-state index contributed by atoms with van der Waals surface area (Å²) in [6.07, 6.45) is 12.6. The maximum atomic E-state index is 12.9. The summed E-state index contributed by atoms with van der Waals surface area (Å²) in [5, 5.41) is 3.67. The Morgan fingerprint density at radius 1 is 1.25 bits per heavy atom. The highest BCUT2D eigenvalue weighted by molar-refractivity contribution is 5.92. The SMILES string of the molecule is CCCC1NC2(CC2)C(=O)N1C(CC)C1CCCCC1. The zero-order valence-electron chi connectivity index (χ0n) is 13.2. The zero-order chi connectivity index (χ0) is 14.2. The van der Waals surface area contributed by atoms with Crippen molar-refractivity contribution in [2.75, 3.05) is 0 Å². The quantitative estimate of drug-likeness (QED) is 0.835. The molecule has 3 aliphatic rings. The molecular weight excluding hydrogens is 248 g/mol. The van der Waals surface area contributed by atoms with Crippen molar-refractivity contribution in [3.63, 3.8) is 0 Å². The van der Waals surface area contributed by atoms with Gasteiger partial charge in [0.15, 0.2) is 0 Å². The van der Waals surface area contributed by atoms with Crippen molar-refractivity contribution in [2.24, 2.45) is 5.92 Å². The van der Waals surface area contributed by atoms with Crippen LogP contribution in [0.2, 0.25) is 0 Å². The van der Waals surface area contributed by atoms with Crippen LogP contribution < -0.4 is 5.32 Å². The minimum absolute atomic E-state index is 0.137. The molecule has 3 heteroatoms. The lowest BCUT2D eigenvalue weighted by molar-refractivity contribution is -0.134. The molecule has 1 N–H and O–H groups in total. The van der Waals surface area contributed by atoms with E-state index in [9.17, 15) is 4.79 Å². The monoisotopic (exact) mass is 278 g/mol. The van der Waals surface area contributed by atoms with E-state index in [4.69, 9.17) is 0 Å². The van der Waals surface area contributed by atoms with Gasteiger partial charge in [0.25, 0.3) is 0 Å². The highest BCUT2D eigenvalue weighted by atomic mass is 16.2. The summed E-state index contributed by atoms with van der Waals surface area (Å²) in [5.41, 5.74) is -0.137. The average Bonchev–Trinajstić information content (AvgIpc) is 3.20. The van der Waals surface area contributed by atoms with Crippen molar-refractivity contribution in [1.29, 1.82) is 0 Å². The third-order valence-electron chi connectivity index (χ3n) is 5.70. The number of amides is 1. The fourth-order valence-corrected chi connectivity index (χ4v) is 4.46. The molecule has 1 saturated heterocycles. The molecule has 1 spiro atoms. The van der Waals surface area contributed by atoms with Gasteiger partial charge < -0.3 is 4.90 Å². The van der Waals surface area contributed by atoms with Crippen molar-refractivity contribution in [1.82, 2.24) is 10.2 Å². The molecule has 0 aromatic carbocycles. The predicted octanol–water partition coefficient (Wildman–Crippen LogP) is 3.44. The molecule has 2 saturated carbocycles. The largest absolute Gasteiger partial charge is 0.322 e. The molecule has 0 radical (unpaired) electrons. The number of nitrogens with one attached hydrogen (secondary N) is 1. The van der Waals surface area contributed by atoms with Crippen LogP contribution in [0.25, 0.3) is 0 Å². The molecule has 3 nitrogen and oxygen atoms in total. The van der Waals surface area contributed by atoms with Crippen molar-refractivity contribution < 1.29 is 4.79 Å². The lowest BCUT2D eigenvalue weighted by Gasteiger charge is -2.39. The second-order valence-corrected chi connectivity index (χ2v) is 7.12. The molecule has 3 rings (SSSR count). The number of hydrogen-bond donors (Lipinski definition) is 1.